The Hall–Kier alpha value is -0.850. The number of aliphatic hydroxyl groups excluding tert-OH is 1. The molecule has 3 rings (SSSR count). The van der Waals surface area contributed by atoms with Crippen molar-refractivity contribution in [2.24, 2.45) is 0 Å². The molecule has 0 amide bonds. The number of aromatic nitrogens is 1. The first-order valence-corrected chi connectivity index (χ1v) is 7.22. The molecule has 0 bridgehead atoms. The quantitative estimate of drug-likeness (QED) is 0.862. The first kappa shape index (κ1) is 12.2. The van der Waals surface area contributed by atoms with Crippen molar-refractivity contribution in [3.63, 3.8) is 0 Å². The minimum Gasteiger partial charge on any atom is -0.394 e. The minimum absolute atomic E-state index is 0.0634. The smallest absolute Gasteiger partial charge is 0.142 e. The van der Waals surface area contributed by atoms with Gasteiger partial charge in [0.1, 0.15) is 10.8 Å². The lowest BCUT2D eigenvalue weighted by Gasteiger charge is -2.37. The van der Waals surface area contributed by atoms with Gasteiger partial charge < -0.3 is 20.5 Å². The van der Waals surface area contributed by atoms with Crippen molar-refractivity contribution in [1.29, 1.82) is 0 Å². The molecule has 2 aliphatic rings. The van der Waals surface area contributed by atoms with Crippen LogP contribution >= 0.6 is 11.5 Å². The first-order valence-electron chi connectivity index (χ1n) is 6.45. The van der Waals surface area contributed by atoms with Crippen LogP contribution in [0.4, 0.5) is 10.8 Å². The zero-order chi connectivity index (χ0) is 12.7. The number of hydrogen-bond donors (Lipinski definition) is 2. The molecular formula is C12H19N3O2S. The van der Waals surface area contributed by atoms with Crippen molar-refractivity contribution >= 4 is 22.4 Å². The van der Waals surface area contributed by atoms with Crippen LogP contribution in [0.15, 0.2) is 0 Å². The predicted molar refractivity (Wildman–Crippen MR) is 72.1 cm³/mol. The van der Waals surface area contributed by atoms with E-state index in [9.17, 15) is 5.11 Å². The minimum atomic E-state index is -0.107. The molecule has 1 aromatic rings. The van der Waals surface area contributed by atoms with Gasteiger partial charge >= 0.3 is 0 Å². The van der Waals surface area contributed by atoms with Crippen molar-refractivity contribution in [3.8, 4) is 0 Å². The SMILES string of the molecule is CC1CN(c2snc(N)c2C2CC2)CC(CO)O1. The Kier molecular flexibility index (Phi) is 3.17. The molecule has 0 radical (unpaired) electrons. The van der Waals surface area contributed by atoms with Crippen LogP contribution in [0.2, 0.25) is 0 Å². The molecule has 18 heavy (non-hydrogen) atoms. The van der Waals surface area contributed by atoms with E-state index in [-0.39, 0.29) is 18.8 Å². The Morgan fingerprint density at radius 2 is 2.28 bits per heavy atom. The van der Waals surface area contributed by atoms with E-state index in [0.29, 0.717) is 11.7 Å². The Bertz CT molecular complexity index is 433. The van der Waals surface area contributed by atoms with Crippen molar-refractivity contribution < 1.29 is 9.84 Å². The Balaban J connectivity index is 1.85. The summed E-state index contributed by atoms with van der Waals surface area (Å²) in [6, 6.07) is 0. The lowest BCUT2D eigenvalue weighted by molar-refractivity contribution is -0.0419. The normalized spacial score (nSPS) is 28.7. The van der Waals surface area contributed by atoms with Gasteiger partial charge in [-0.25, -0.2) is 0 Å². The maximum Gasteiger partial charge on any atom is 0.142 e. The molecule has 1 saturated carbocycles. The lowest BCUT2D eigenvalue weighted by Crippen LogP contribution is -2.48. The molecule has 2 unspecified atom stereocenters. The number of hydrogen-bond acceptors (Lipinski definition) is 6. The second kappa shape index (κ2) is 4.68. The highest BCUT2D eigenvalue weighted by molar-refractivity contribution is 7.10. The van der Waals surface area contributed by atoms with E-state index < -0.39 is 0 Å². The second-order valence-corrected chi connectivity index (χ2v) is 5.97. The largest absolute Gasteiger partial charge is 0.394 e. The van der Waals surface area contributed by atoms with Crippen molar-refractivity contribution in [1.82, 2.24) is 4.37 Å². The average Bonchev–Trinajstić information content (AvgIpc) is 3.11. The molecular weight excluding hydrogens is 250 g/mol. The zero-order valence-electron chi connectivity index (χ0n) is 10.5. The highest BCUT2D eigenvalue weighted by Gasteiger charge is 2.34. The standard InChI is InChI=1S/C12H19N3O2S/c1-7-4-15(5-9(6-16)17-7)12-10(8-2-3-8)11(13)14-18-12/h7-9,16H,2-6H2,1H3,(H2,13,14). The van der Waals surface area contributed by atoms with Gasteiger partial charge in [0.15, 0.2) is 0 Å². The number of nitrogens with zero attached hydrogens (tertiary/aromatic N) is 2. The summed E-state index contributed by atoms with van der Waals surface area (Å²) in [5.41, 5.74) is 7.21. The fourth-order valence-electron chi connectivity index (χ4n) is 2.60. The Labute approximate surface area is 111 Å². The molecule has 6 heteroatoms. The molecule has 1 saturated heterocycles. The summed E-state index contributed by atoms with van der Waals surface area (Å²) >= 11 is 1.48. The van der Waals surface area contributed by atoms with Crippen LogP contribution in [0.25, 0.3) is 0 Å². The van der Waals surface area contributed by atoms with Crippen LogP contribution in [0.1, 0.15) is 31.2 Å². The highest BCUT2D eigenvalue weighted by atomic mass is 32.1. The first-order chi connectivity index (χ1) is 8.69. The third-order valence-corrected chi connectivity index (χ3v) is 4.48. The zero-order valence-corrected chi connectivity index (χ0v) is 11.3. The van der Waals surface area contributed by atoms with E-state index in [0.717, 1.165) is 13.1 Å². The number of nitrogen functional groups attached to an aromatic ring is 1. The monoisotopic (exact) mass is 269 g/mol. The van der Waals surface area contributed by atoms with Crippen LogP contribution in [0, 0.1) is 0 Å². The van der Waals surface area contributed by atoms with E-state index >= 15 is 0 Å². The summed E-state index contributed by atoms with van der Waals surface area (Å²) in [6.45, 7) is 3.67. The number of nitrogens with two attached hydrogens (primary N) is 1. The number of anilines is 2. The van der Waals surface area contributed by atoms with E-state index in [1.807, 2.05) is 6.92 Å². The van der Waals surface area contributed by atoms with Gasteiger partial charge in [-0.05, 0) is 37.2 Å². The maximum atomic E-state index is 9.28. The molecule has 2 heterocycles. The fraction of sp³-hybridized carbons (Fsp3) is 0.750. The second-order valence-electron chi connectivity index (χ2n) is 5.22. The molecule has 0 aromatic carbocycles. The van der Waals surface area contributed by atoms with Gasteiger partial charge in [0.05, 0.1) is 18.8 Å². The highest BCUT2D eigenvalue weighted by Crippen LogP contribution is 2.49. The fourth-order valence-corrected chi connectivity index (χ4v) is 3.51. The molecule has 1 aliphatic carbocycles. The van der Waals surface area contributed by atoms with Crippen LogP contribution in [-0.4, -0.2) is 41.4 Å². The number of ether oxygens (including phenoxy) is 1. The van der Waals surface area contributed by atoms with E-state index in [4.69, 9.17) is 10.5 Å². The van der Waals surface area contributed by atoms with Crippen LogP contribution in [0.3, 0.4) is 0 Å². The van der Waals surface area contributed by atoms with Crippen molar-refractivity contribution in [2.45, 2.75) is 37.9 Å². The van der Waals surface area contributed by atoms with Gasteiger partial charge in [-0.15, -0.1) is 0 Å². The third-order valence-electron chi connectivity index (χ3n) is 3.54. The third kappa shape index (κ3) is 2.20. The summed E-state index contributed by atoms with van der Waals surface area (Å²) < 4.78 is 9.97. The Morgan fingerprint density at radius 1 is 1.50 bits per heavy atom. The van der Waals surface area contributed by atoms with Gasteiger partial charge in [0.2, 0.25) is 0 Å². The number of aliphatic hydroxyl groups is 1. The summed E-state index contributed by atoms with van der Waals surface area (Å²) in [4.78, 5) is 2.27. The molecule has 1 aliphatic heterocycles. The van der Waals surface area contributed by atoms with Crippen LogP contribution in [0.5, 0.6) is 0 Å². The van der Waals surface area contributed by atoms with Gasteiger partial charge in [0, 0.05) is 18.7 Å². The molecule has 3 N–H and O–H groups in total. The summed E-state index contributed by atoms with van der Waals surface area (Å²) in [7, 11) is 0. The molecule has 5 nitrogen and oxygen atoms in total. The molecule has 0 spiro atoms. The summed E-state index contributed by atoms with van der Waals surface area (Å²) in [5.74, 6) is 1.29. The van der Waals surface area contributed by atoms with E-state index in [1.54, 1.807) is 0 Å². The average molecular weight is 269 g/mol. The molecule has 1 aromatic heterocycles. The van der Waals surface area contributed by atoms with Gasteiger partial charge in [-0.3, -0.25) is 0 Å². The van der Waals surface area contributed by atoms with Gasteiger partial charge in [0.25, 0.3) is 0 Å². The van der Waals surface area contributed by atoms with Crippen LogP contribution in [-0.2, 0) is 4.74 Å². The molecule has 2 atom stereocenters. The lowest BCUT2D eigenvalue weighted by atomic mass is 10.1. The Morgan fingerprint density at radius 3 is 2.94 bits per heavy atom. The van der Waals surface area contributed by atoms with Crippen molar-refractivity contribution in [3.05, 3.63) is 5.56 Å². The maximum absolute atomic E-state index is 9.28. The van der Waals surface area contributed by atoms with E-state index in [2.05, 4.69) is 9.27 Å². The van der Waals surface area contributed by atoms with Gasteiger partial charge in [-0.2, -0.15) is 4.37 Å². The number of rotatable bonds is 3. The van der Waals surface area contributed by atoms with Crippen LogP contribution < -0.4 is 10.6 Å². The van der Waals surface area contributed by atoms with Gasteiger partial charge in [-0.1, -0.05) is 0 Å². The van der Waals surface area contributed by atoms with Crippen molar-refractivity contribution in [2.75, 3.05) is 30.3 Å². The van der Waals surface area contributed by atoms with E-state index in [1.165, 1.54) is 34.9 Å². The topological polar surface area (TPSA) is 71.6 Å². The summed E-state index contributed by atoms with van der Waals surface area (Å²) in [5, 5.41) is 10.5. The predicted octanol–water partition coefficient (Wildman–Crippen LogP) is 1.19. The molecule has 2 fully saturated rings. The number of morpholine rings is 1. The summed E-state index contributed by atoms with van der Waals surface area (Å²) in [6.07, 6.45) is 2.47. The molecule has 100 valence electrons.